The van der Waals surface area contributed by atoms with Gasteiger partial charge >= 0.3 is 0 Å². The number of hydrogen-bond donors (Lipinski definition) is 2. The number of benzene rings is 1. The van der Waals surface area contributed by atoms with Gasteiger partial charge in [-0.25, -0.2) is 0 Å². The minimum Gasteiger partial charge on any atom is -0.398 e. The zero-order chi connectivity index (χ0) is 11.4. The van der Waals surface area contributed by atoms with E-state index in [1.165, 1.54) is 7.05 Å². The van der Waals surface area contributed by atoms with Crippen LogP contribution in [0.15, 0.2) is 23.1 Å². The topological polar surface area (TPSA) is 72.2 Å². The Morgan fingerprint density at radius 1 is 1.53 bits per heavy atom. The molecular formula is C10H14N2O2S. The molecule has 1 atom stereocenters. The molecule has 0 aliphatic rings. The summed E-state index contributed by atoms with van der Waals surface area (Å²) in [5.74, 6) is -0.307. The van der Waals surface area contributed by atoms with Gasteiger partial charge in [-0.1, -0.05) is 6.07 Å². The molecule has 0 aliphatic carbocycles. The molecule has 4 nitrogen and oxygen atoms in total. The van der Waals surface area contributed by atoms with Crippen LogP contribution in [0.25, 0.3) is 0 Å². The Balaban J connectivity index is 2.91. The van der Waals surface area contributed by atoms with E-state index >= 15 is 0 Å². The monoisotopic (exact) mass is 226 g/mol. The number of carbonyl (C=O) groups is 1. The molecule has 0 heterocycles. The fourth-order valence-corrected chi connectivity index (χ4v) is 2.29. The van der Waals surface area contributed by atoms with Crippen LogP contribution < -0.4 is 11.1 Å². The summed E-state index contributed by atoms with van der Waals surface area (Å²) in [6.07, 6.45) is 0. The Morgan fingerprint density at radius 2 is 2.20 bits per heavy atom. The molecule has 0 saturated heterocycles. The first-order valence-corrected chi connectivity index (χ1v) is 5.81. The van der Waals surface area contributed by atoms with Crippen molar-refractivity contribution in [3.63, 3.8) is 0 Å². The number of nitrogens with one attached hydrogen (secondary N) is 1. The van der Waals surface area contributed by atoms with Crippen LogP contribution in [-0.4, -0.2) is 22.9 Å². The molecule has 0 bridgehead atoms. The van der Waals surface area contributed by atoms with Gasteiger partial charge in [0.05, 0.1) is 15.7 Å². The van der Waals surface area contributed by atoms with Crippen molar-refractivity contribution in [2.45, 2.75) is 11.8 Å². The first-order chi connectivity index (χ1) is 7.04. The highest BCUT2D eigenvalue weighted by molar-refractivity contribution is 7.86. The van der Waals surface area contributed by atoms with E-state index in [4.69, 9.17) is 5.73 Å². The van der Waals surface area contributed by atoms with Crippen LogP contribution in [0.3, 0.4) is 0 Å². The molecule has 1 aromatic rings. The summed E-state index contributed by atoms with van der Waals surface area (Å²) >= 11 is 0. The normalized spacial score (nSPS) is 12.1. The van der Waals surface area contributed by atoms with Crippen molar-refractivity contribution in [1.29, 1.82) is 0 Å². The summed E-state index contributed by atoms with van der Waals surface area (Å²) in [6, 6.07) is 5.29. The quantitative estimate of drug-likeness (QED) is 0.734. The molecule has 0 spiro atoms. The van der Waals surface area contributed by atoms with Gasteiger partial charge in [-0.15, -0.1) is 0 Å². The van der Waals surface area contributed by atoms with E-state index in [9.17, 15) is 9.00 Å². The number of nitrogens with two attached hydrogens (primary N) is 1. The standard InChI is InChI=1S/C10H14N2O2S/c1-7-3-4-8(11)9(5-7)15(14)6-10(13)12-2/h3-5H,6,11H2,1-2H3,(H,12,13). The van der Waals surface area contributed by atoms with E-state index in [1.807, 2.05) is 13.0 Å². The third-order valence-electron chi connectivity index (χ3n) is 1.96. The maximum atomic E-state index is 11.8. The molecular weight excluding hydrogens is 212 g/mol. The van der Waals surface area contributed by atoms with Crippen LogP contribution >= 0.6 is 0 Å². The van der Waals surface area contributed by atoms with Crippen molar-refractivity contribution in [2.75, 3.05) is 18.5 Å². The lowest BCUT2D eigenvalue weighted by Crippen LogP contribution is -2.24. The van der Waals surface area contributed by atoms with Gasteiger partial charge in [0.15, 0.2) is 0 Å². The van der Waals surface area contributed by atoms with Crippen molar-refractivity contribution in [1.82, 2.24) is 5.32 Å². The van der Waals surface area contributed by atoms with Crippen LogP contribution in [0.5, 0.6) is 0 Å². The largest absolute Gasteiger partial charge is 0.398 e. The third kappa shape index (κ3) is 3.06. The second-order valence-corrected chi connectivity index (χ2v) is 4.62. The first-order valence-electron chi connectivity index (χ1n) is 4.49. The highest BCUT2D eigenvalue weighted by atomic mass is 32.2. The highest BCUT2D eigenvalue weighted by Crippen LogP contribution is 2.17. The van der Waals surface area contributed by atoms with Gasteiger partial charge in [-0.05, 0) is 24.6 Å². The Labute approximate surface area is 91.3 Å². The molecule has 0 radical (unpaired) electrons. The van der Waals surface area contributed by atoms with Crippen LogP contribution in [0.4, 0.5) is 5.69 Å². The molecule has 82 valence electrons. The summed E-state index contributed by atoms with van der Waals surface area (Å²) < 4.78 is 11.8. The lowest BCUT2D eigenvalue weighted by atomic mass is 10.2. The molecule has 5 heteroatoms. The van der Waals surface area contributed by atoms with Crippen molar-refractivity contribution in [3.8, 4) is 0 Å². The van der Waals surface area contributed by atoms with E-state index in [2.05, 4.69) is 5.32 Å². The SMILES string of the molecule is CNC(=O)CS(=O)c1cc(C)ccc1N. The fraction of sp³-hybridized carbons (Fsp3) is 0.300. The van der Waals surface area contributed by atoms with Crippen molar-refractivity contribution in [2.24, 2.45) is 0 Å². The average Bonchev–Trinajstić information content (AvgIpc) is 2.21. The van der Waals surface area contributed by atoms with Crippen LogP contribution in [-0.2, 0) is 15.6 Å². The molecule has 1 aromatic carbocycles. The van der Waals surface area contributed by atoms with Crippen LogP contribution in [0, 0.1) is 6.92 Å². The number of hydrogen-bond acceptors (Lipinski definition) is 3. The van der Waals surface area contributed by atoms with Gasteiger partial charge in [0, 0.05) is 12.7 Å². The smallest absolute Gasteiger partial charge is 0.232 e. The van der Waals surface area contributed by atoms with Crippen molar-refractivity contribution in [3.05, 3.63) is 23.8 Å². The van der Waals surface area contributed by atoms with Crippen molar-refractivity contribution < 1.29 is 9.00 Å². The van der Waals surface area contributed by atoms with Gasteiger partial charge in [0.2, 0.25) is 5.91 Å². The summed E-state index contributed by atoms with van der Waals surface area (Å²) in [7, 11) is 0.141. The second-order valence-electron chi connectivity index (χ2n) is 3.20. The Bertz CT molecular complexity index is 404. The Kier molecular flexibility index (Phi) is 3.85. The number of anilines is 1. The van der Waals surface area contributed by atoms with E-state index in [1.54, 1.807) is 12.1 Å². The number of carbonyl (C=O) groups excluding carboxylic acids is 1. The van der Waals surface area contributed by atoms with Gasteiger partial charge < -0.3 is 11.1 Å². The summed E-state index contributed by atoms with van der Waals surface area (Å²) in [5.41, 5.74) is 7.12. The zero-order valence-corrected chi connectivity index (χ0v) is 9.56. The van der Waals surface area contributed by atoms with Gasteiger partial charge in [-0.2, -0.15) is 0 Å². The lowest BCUT2D eigenvalue weighted by Gasteiger charge is -2.06. The number of nitrogen functional groups attached to an aromatic ring is 1. The molecule has 1 rings (SSSR count). The van der Waals surface area contributed by atoms with Crippen molar-refractivity contribution >= 4 is 22.4 Å². The first kappa shape index (κ1) is 11.7. The maximum absolute atomic E-state index is 11.8. The number of aryl methyl sites for hydroxylation is 1. The number of rotatable bonds is 3. The van der Waals surface area contributed by atoms with Gasteiger partial charge in [0.1, 0.15) is 5.75 Å². The predicted octanol–water partition coefficient (Wildman–Crippen LogP) is 0.431. The second kappa shape index (κ2) is 4.93. The molecule has 1 unspecified atom stereocenters. The Hall–Kier alpha value is -1.36. The highest BCUT2D eigenvalue weighted by Gasteiger charge is 2.11. The van der Waals surface area contributed by atoms with Gasteiger partial charge in [0.25, 0.3) is 0 Å². The summed E-state index contributed by atoms with van der Waals surface area (Å²) in [5, 5.41) is 2.43. The number of amides is 1. The maximum Gasteiger partial charge on any atom is 0.232 e. The molecule has 15 heavy (non-hydrogen) atoms. The molecule has 1 amide bonds. The fourth-order valence-electron chi connectivity index (χ4n) is 1.11. The molecule has 0 aromatic heterocycles. The predicted molar refractivity (Wildman–Crippen MR) is 60.9 cm³/mol. The minimum absolute atomic E-state index is 0.0514. The summed E-state index contributed by atoms with van der Waals surface area (Å²) in [6.45, 7) is 1.89. The molecule has 0 fully saturated rings. The average molecular weight is 226 g/mol. The van der Waals surface area contributed by atoms with Crippen LogP contribution in [0.1, 0.15) is 5.56 Å². The zero-order valence-electron chi connectivity index (χ0n) is 8.74. The van der Waals surface area contributed by atoms with E-state index in [0.29, 0.717) is 10.6 Å². The molecule has 0 saturated carbocycles. The lowest BCUT2D eigenvalue weighted by molar-refractivity contribution is -0.118. The van der Waals surface area contributed by atoms with Crippen LogP contribution in [0.2, 0.25) is 0 Å². The van der Waals surface area contributed by atoms with Gasteiger partial charge in [-0.3, -0.25) is 9.00 Å². The minimum atomic E-state index is -1.37. The molecule has 3 N–H and O–H groups in total. The Morgan fingerprint density at radius 3 is 2.80 bits per heavy atom. The van der Waals surface area contributed by atoms with E-state index in [0.717, 1.165) is 5.56 Å². The summed E-state index contributed by atoms with van der Waals surface area (Å²) in [4.78, 5) is 11.6. The van der Waals surface area contributed by atoms with E-state index in [-0.39, 0.29) is 11.7 Å². The third-order valence-corrected chi connectivity index (χ3v) is 3.32. The van der Waals surface area contributed by atoms with E-state index < -0.39 is 10.8 Å². The molecule has 0 aliphatic heterocycles.